The average molecular weight is 262 g/mol. The summed E-state index contributed by atoms with van der Waals surface area (Å²) in [7, 11) is 1.41. The van der Waals surface area contributed by atoms with Gasteiger partial charge in [-0.05, 0) is 11.5 Å². The molecule has 1 rings (SSSR count). The molecular formula is C16H22O3. The van der Waals surface area contributed by atoms with Crippen LogP contribution >= 0.6 is 0 Å². The van der Waals surface area contributed by atoms with E-state index in [9.17, 15) is 4.79 Å². The summed E-state index contributed by atoms with van der Waals surface area (Å²) in [6.07, 6.45) is 3.94. The standard InChI is InChI=1S/C16H22O3/c1-13(14(2)16(17)18-3)8-7-11-19-12-15-9-5-4-6-10-15/h4-10,13-14H,11-12H2,1-3H3/b8-7+/t13-,14+/m1/s1. The smallest absolute Gasteiger partial charge is 0.308 e. The maximum atomic E-state index is 11.3. The maximum Gasteiger partial charge on any atom is 0.308 e. The van der Waals surface area contributed by atoms with Gasteiger partial charge in [-0.15, -0.1) is 0 Å². The van der Waals surface area contributed by atoms with E-state index >= 15 is 0 Å². The molecule has 0 aliphatic heterocycles. The lowest BCUT2D eigenvalue weighted by molar-refractivity contribution is -0.145. The molecule has 1 aromatic rings. The largest absolute Gasteiger partial charge is 0.469 e. The molecule has 0 unspecified atom stereocenters. The van der Waals surface area contributed by atoms with Crippen molar-refractivity contribution in [2.75, 3.05) is 13.7 Å². The van der Waals surface area contributed by atoms with Crippen LogP contribution in [0.5, 0.6) is 0 Å². The molecule has 0 saturated carbocycles. The van der Waals surface area contributed by atoms with Crippen molar-refractivity contribution in [1.82, 2.24) is 0 Å². The van der Waals surface area contributed by atoms with Crippen LogP contribution in [0.2, 0.25) is 0 Å². The number of carbonyl (C=O) groups excluding carboxylic acids is 1. The molecule has 0 amide bonds. The van der Waals surface area contributed by atoms with Crippen LogP contribution in [0.3, 0.4) is 0 Å². The fourth-order valence-electron chi connectivity index (χ4n) is 1.66. The summed E-state index contributed by atoms with van der Waals surface area (Å²) in [4.78, 5) is 11.3. The number of allylic oxidation sites excluding steroid dienone is 1. The predicted molar refractivity (Wildman–Crippen MR) is 75.6 cm³/mol. The number of benzene rings is 1. The van der Waals surface area contributed by atoms with Crippen molar-refractivity contribution in [3.05, 3.63) is 48.0 Å². The zero-order valence-electron chi connectivity index (χ0n) is 11.8. The summed E-state index contributed by atoms with van der Waals surface area (Å²) in [6, 6.07) is 10.0. The van der Waals surface area contributed by atoms with E-state index in [2.05, 4.69) is 0 Å². The first-order chi connectivity index (χ1) is 9.15. The van der Waals surface area contributed by atoms with Crippen molar-refractivity contribution in [3.8, 4) is 0 Å². The molecule has 3 heteroatoms. The van der Waals surface area contributed by atoms with E-state index in [1.165, 1.54) is 7.11 Å². The van der Waals surface area contributed by atoms with Gasteiger partial charge in [0.05, 0.1) is 26.2 Å². The van der Waals surface area contributed by atoms with Crippen LogP contribution in [0.15, 0.2) is 42.5 Å². The first-order valence-electron chi connectivity index (χ1n) is 6.51. The summed E-state index contributed by atoms with van der Waals surface area (Å²) in [5, 5.41) is 0. The third-order valence-electron chi connectivity index (χ3n) is 3.13. The van der Waals surface area contributed by atoms with E-state index in [1.54, 1.807) is 0 Å². The zero-order chi connectivity index (χ0) is 14.1. The van der Waals surface area contributed by atoms with Gasteiger partial charge in [-0.2, -0.15) is 0 Å². The second-order valence-corrected chi connectivity index (χ2v) is 4.60. The monoisotopic (exact) mass is 262 g/mol. The van der Waals surface area contributed by atoms with Crippen LogP contribution in [0, 0.1) is 11.8 Å². The molecule has 0 heterocycles. The van der Waals surface area contributed by atoms with E-state index in [0.717, 1.165) is 5.56 Å². The number of rotatable bonds is 7. The summed E-state index contributed by atoms with van der Waals surface area (Å²) in [6.45, 7) is 5.01. The molecule has 0 aliphatic carbocycles. The van der Waals surface area contributed by atoms with Crippen molar-refractivity contribution >= 4 is 5.97 Å². The molecule has 0 bridgehead atoms. The minimum absolute atomic E-state index is 0.129. The van der Waals surface area contributed by atoms with Crippen LogP contribution in [0.4, 0.5) is 0 Å². The number of hydrogen-bond donors (Lipinski definition) is 0. The van der Waals surface area contributed by atoms with E-state index in [-0.39, 0.29) is 17.8 Å². The number of esters is 1. The normalized spacial score (nSPS) is 14.3. The Kier molecular flexibility index (Phi) is 6.90. The summed E-state index contributed by atoms with van der Waals surface area (Å²) in [5.74, 6) is -0.162. The highest BCUT2D eigenvalue weighted by Gasteiger charge is 2.18. The summed E-state index contributed by atoms with van der Waals surface area (Å²) in [5.41, 5.74) is 1.16. The fourth-order valence-corrected chi connectivity index (χ4v) is 1.66. The Morgan fingerprint density at radius 1 is 1.26 bits per heavy atom. The molecule has 104 valence electrons. The van der Waals surface area contributed by atoms with Gasteiger partial charge in [0, 0.05) is 0 Å². The molecule has 0 fully saturated rings. The Hall–Kier alpha value is -1.61. The molecule has 19 heavy (non-hydrogen) atoms. The van der Waals surface area contributed by atoms with Crippen molar-refractivity contribution in [3.63, 3.8) is 0 Å². The Bertz CT molecular complexity index is 398. The molecule has 0 saturated heterocycles. The van der Waals surface area contributed by atoms with Crippen LogP contribution in [-0.4, -0.2) is 19.7 Å². The summed E-state index contributed by atoms with van der Waals surface area (Å²) >= 11 is 0. The van der Waals surface area contributed by atoms with E-state index in [4.69, 9.17) is 9.47 Å². The van der Waals surface area contributed by atoms with Gasteiger partial charge in [0.15, 0.2) is 0 Å². The molecule has 0 aromatic heterocycles. The number of carbonyl (C=O) groups is 1. The van der Waals surface area contributed by atoms with Crippen molar-refractivity contribution in [2.24, 2.45) is 11.8 Å². The maximum absolute atomic E-state index is 11.3. The third-order valence-corrected chi connectivity index (χ3v) is 3.13. The molecule has 0 aliphatic rings. The van der Waals surface area contributed by atoms with Gasteiger partial charge in [0.25, 0.3) is 0 Å². The van der Waals surface area contributed by atoms with Crippen LogP contribution in [0.25, 0.3) is 0 Å². The van der Waals surface area contributed by atoms with Crippen molar-refractivity contribution in [1.29, 1.82) is 0 Å². The number of ether oxygens (including phenoxy) is 2. The summed E-state index contributed by atoms with van der Waals surface area (Å²) < 4.78 is 10.2. The molecule has 3 nitrogen and oxygen atoms in total. The minimum atomic E-state index is -0.178. The Morgan fingerprint density at radius 2 is 1.95 bits per heavy atom. The van der Waals surface area contributed by atoms with E-state index in [1.807, 2.05) is 56.3 Å². The van der Waals surface area contributed by atoms with Crippen LogP contribution < -0.4 is 0 Å². The lowest BCUT2D eigenvalue weighted by Gasteiger charge is -2.13. The van der Waals surface area contributed by atoms with Gasteiger partial charge in [-0.25, -0.2) is 0 Å². The molecule has 2 atom stereocenters. The molecule has 0 spiro atoms. The first kappa shape index (κ1) is 15.4. The highest BCUT2D eigenvalue weighted by molar-refractivity contribution is 5.72. The quantitative estimate of drug-likeness (QED) is 0.430. The predicted octanol–water partition coefficient (Wildman–Crippen LogP) is 3.20. The van der Waals surface area contributed by atoms with E-state index < -0.39 is 0 Å². The van der Waals surface area contributed by atoms with Crippen molar-refractivity contribution in [2.45, 2.75) is 20.5 Å². The van der Waals surface area contributed by atoms with Gasteiger partial charge in [0.2, 0.25) is 0 Å². The Labute approximate surface area is 115 Å². The third kappa shape index (κ3) is 5.71. The molecule has 0 radical (unpaired) electrons. The van der Waals surface area contributed by atoms with Gasteiger partial charge in [-0.1, -0.05) is 56.3 Å². The molecule has 0 N–H and O–H groups in total. The van der Waals surface area contributed by atoms with Crippen LogP contribution in [-0.2, 0) is 20.9 Å². The number of hydrogen-bond acceptors (Lipinski definition) is 3. The highest BCUT2D eigenvalue weighted by Crippen LogP contribution is 2.13. The second kappa shape index (κ2) is 8.48. The highest BCUT2D eigenvalue weighted by atomic mass is 16.5. The second-order valence-electron chi connectivity index (χ2n) is 4.60. The number of methoxy groups -OCH3 is 1. The Balaban J connectivity index is 2.25. The lowest BCUT2D eigenvalue weighted by atomic mass is 9.96. The first-order valence-corrected chi connectivity index (χ1v) is 6.51. The van der Waals surface area contributed by atoms with Crippen LogP contribution in [0.1, 0.15) is 19.4 Å². The molecule has 1 aromatic carbocycles. The topological polar surface area (TPSA) is 35.5 Å². The van der Waals surface area contributed by atoms with E-state index in [0.29, 0.717) is 13.2 Å². The SMILES string of the molecule is COC(=O)[C@@H](C)[C@H](C)/C=C/COCc1ccccc1. The minimum Gasteiger partial charge on any atom is -0.469 e. The van der Waals surface area contributed by atoms with Crippen molar-refractivity contribution < 1.29 is 14.3 Å². The van der Waals surface area contributed by atoms with Gasteiger partial charge < -0.3 is 9.47 Å². The fraction of sp³-hybridized carbons (Fsp3) is 0.438. The molecular weight excluding hydrogens is 240 g/mol. The van der Waals surface area contributed by atoms with Gasteiger partial charge >= 0.3 is 5.97 Å². The zero-order valence-corrected chi connectivity index (χ0v) is 11.8. The average Bonchev–Trinajstić information content (AvgIpc) is 2.46. The van der Waals surface area contributed by atoms with Gasteiger partial charge in [-0.3, -0.25) is 4.79 Å². The van der Waals surface area contributed by atoms with Gasteiger partial charge in [0.1, 0.15) is 0 Å². The lowest BCUT2D eigenvalue weighted by Crippen LogP contribution is -2.18. The Morgan fingerprint density at radius 3 is 2.58 bits per heavy atom.